The fourth-order valence-corrected chi connectivity index (χ4v) is 3.03. The summed E-state index contributed by atoms with van der Waals surface area (Å²) in [7, 11) is 0. The second-order valence-electron chi connectivity index (χ2n) is 5.98. The predicted molar refractivity (Wildman–Crippen MR) is 76.6 cm³/mol. The lowest BCUT2D eigenvalue weighted by atomic mass is 9.73. The number of rotatable bonds is 2. The molecule has 2 nitrogen and oxygen atoms in total. The van der Waals surface area contributed by atoms with E-state index in [0.717, 1.165) is 31.7 Å². The van der Waals surface area contributed by atoms with Gasteiger partial charge in [-0.05, 0) is 40.3 Å². The van der Waals surface area contributed by atoms with Gasteiger partial charge >= 0.3 is 6.18 Å². The molecular formula is C14H18BrF3N2. The topological polar surface area (TPSA) is 24.9 Å². The maximum Gasteiger partial charge on any atom is 0.419 e. The molecule has 1 saturated carbocycles. The molecule has 1 aliphatic carbocycles. The van der Waals surface area contributed by atoms with Crippen LogP contribution in [0.1, 0.15) is 45.1 Å². The quantitative estimate of drug-likeness (QED) is 0.788. The van der Waals surface area contributed by atoms with Crippen LogP contribution in [0, 0.1) is 5.41 Å². The summed E-state index contributed by atoms with van der Waals surface area (Å²) in [6, 6.07) is 1.09. The van der Waals surface area contributed by atoms with Crippen molar-refractivity contribution >= 4 is 21.7 Å². The van der Waals surface area contributed by atoms with Gasteiger partial charge in [-0.15, -0.1) is 0 Å². The highest BCUT2D eigenvalue weighted by Gasteiger charge is 2.37. The zero-order valence-corrected chi connectivity index (χ0v) is 13.1. The highest BCUT2D eigenvalue weighted by atomic mass is 79.9. The van der Waals surface area contributed by atoms with Crippen LogP contribution in [0.4, 0.5) is 19.0 Å². The van der Waals surface area contributed by atoms with Crippen LogP contribution in [-0.4, -0.2) is 11.0 Å². The molecule has 6 heteroatoms. The zero-order valence-electron chi connectivity index (χ0n) is 11.5. The van der Waals surface area contributed by atoms with E-state index in [-0.39, 0.29) is 17.3 Å². The minimum Gasteiger partial charge on any atom is -0.366 e. The first kappa shape index (κ1) is 15.6. The molecule has 0 bridgehead atoms. The van der Waals surface area contributed by atoms with Gasteiger partial charge in [0.05, 0.1) is 5.56 Å². The molecule has 2 rings (SSSR count). The standard InChI is InChI=1S/C14H18BrF3N2/c1-13(2)6-4-3-5-11(13)20-12-10(14(16,17)18)7-9(15)8-19-12/h7-8,11H,3-6H2,1-2H3,(H,19,20). The van der Waals surface area contributed by atoms with Crippen molar-refractivity contribution in [3.63, 3.8) is 0 Å². The molecule has 0 spiro atoms. The summed E-state index contributed by atoms with van der Waals surface area (Å²) in [6.07, 6.45) is 1.06. The van der Waals surface area contributed by atoms with Gasteiger partial charge < -0.3 is 5.32 Å². The van der Waals surface area contributed by atoms with E-state index < -0.39 is 11.7 Å². The van der Waals surface area contributed by atoms with Crippen molar-refractivity contribution in [2.75, 3.05) is 5.32 Å². The molecule has 1 heterocycles. The van der Waals surface area contributed by atoms with E-state index in [1.807, 2.05) is 0 Å². The molecule has 0 saturated heterocycles. The van der Waals surface area contributed by atoms with Crippen LogP contribution in [0.5, 0.6) is 0 Å². The Morgan fingerprint density at radius 3 is 2.65 bits per heavy atom. The van der Waals surface area contributed by atoms with Crippen molar-refractivity contribution in [1.82, 2.24) is 4.98 Å². The number of halogens is 4. The van der Waals surface area contributed by atoms with Crippen molar-refractivity contribution in [3.8, 4) is 0 Å². The molecule has 0 aromatic carbocycles. The van der Waals surface area contributed by atoms with Gasteiger partial charge in [0, 0.05) is 16.7 Å². The summed E-state index contributed by atoms with van der Waals surface area (Å²) in [6.45, 7) is 4.19. The lowest BCUT2D eigenvalue weighted by molar-refractivity contribution is -0.137. The van der Waals surface area contributed by atoms with Crippen LogP contribution in [0.2, 0.25) is 0 Å². The number of nitrogens with one attached hydrogen (secondary N) is 1. The van der Waals surface area contributed by atoms with E-state index in [0.29, 0.717) is 4.47 Å². The second-order valence-corrected chi connectivity index (χ2v) is 6.89. The smallest absolute Gasteiger partial charge is 0.366 e. The third-order valence-electron chi connectivity index (χ3n) is 3.98. The fourth-order valence-electron chi connectivity index (χ4n) is 2.70. The Morgan fingerprint density at radius 1 is 1.35 bits per heavy atom. The van der Waals surface area contributed by atoms with Gasteiger partial charge in [-0.1, -0.05) is 26.7 Å². The summed E-state index contributed by atoms with van der Waals surface area (Å²) in [5.41, 5.74) is -0.733. The van der Waals surface area contributed by atoms with Crippen molar-refractivity contribution in [3.05, 3.63) is 22.3 Å². The van der Waals surface area contributed by atoms with Crippen molar-refractivity contribution in [2.24, 2.45) is 5.41 Å². The van der Waals surface area contributed by atoms with Gasteiger partial charge in [0.2, 0.25) is 0 Å². The van der Waals surface area contributed by atoms with Gasteiger partial charge in [-0.2, -0.15) is 13.2 Å². The van der Waals surface area contributed by atoms with Crippen LogP contribution < -0.4 is 5.32 Å². The number of hydrogen-bond donors (Lipinski definition) is 1. The van der Waals surface area contributed by atoms with Crippen LogP contribution in [-0.2, 0) is 6.18 Å². The minimum atomic E-state index is -4.40. The molecule has 20 heavy (non-hydrogen) atoms. The first-order valence-corrected chi connectivity index (χ1v) is 7.49. The zero-order chi connectivity index (χ0) is 15.0. The van der Waals surface area contributed by atoms with E-state index in [2.05, 4.69) is 40.1 Å². The lowest BCUT2D eigenvalue weighted by Gasteiger charge is -2.39. The van der Waals surface area contributed by atoms with E-state index in [1.54, 1.807) is 0 Å². The van der Waals surface area contributed by atoms with Crippen molar-refractivity contribution in [1.29, 1.82) is 0 Å². The van der Waals surface area contributed by atoms with Crippen LogP contribution in [0.15, 0.2) is 16.7 Å². The first-order chi connectivity index (χ1) is 9.20. The SMILES string of the molecule is CC1(C)CCCCC1Nc1ncc(Br)cc1C(F)(F)F. The Morgan fingerprint density at radius 2 is 2.05 bits per heavy atom. The summed E-state index contributed by atoms with van der Waals surface area (Å²) >= 11 is 3.05. The third-order valence-corrected chi connectivity index (χ3v) is 4.41. The molecule has 1 atom stereocenters. The molecule has 1 unspecified atom stereocenters. The Hall–Kier alpha value is -0.780. The molecule has 0 aliphatic heterocycles. The van der Waals surface area contributed by atoms with Crippen LogP contribution in [0.25, 0.3) is 0 Å². The van der Waals surface area contributed by atoms with E-state index >= 15 is 0 Å². The Balaban J connectivity index is 2.29. The molecule has 1 aromatic heterocycles. The molecule has 1 fully saturated rings. The van der Waals surface area contributed by atoms with Gasteiger partial charge in [0.25, 0.3) is 0 Å². The predicted octanol–water partition coefficient (Wildman–Crippen LogP) is 5.24. The lowest BCUT2D eigenvalue weighted by Crippen LogP contribution is -2.39. The summed E-state index contributed by atoms with van der Waals surface area (Å²) in [4.78, 5) is 3.93. The maximum absolute atomic E-state index is 13.1. The van der Waals surface area contributed by atoms with E-state index in [1.165, 1.54) is 6.20 Å². The highest BCUT2D eigenvalue weighted by Crippen LogP contribution is 2.40. The second kappa shape index (κ2) is 5.54. The summed E-state index contributed by atoms with van der Waals surface area (Å²) in [5.74, 6) is -0.0688. The number of hydrogen-bond acceptors (Lipinski definition) is 2. The van der Waals surface area contributed by atoms with E-state index in [9.17, 15) is 13.2 Å². The molecule has 0 radical (unpaired) electrons. The number of aromatic nitrogens is 1. The molecule has 1 aromatic rings. The minimum absolute atomic E-state index is 0.0180. The maximum atomic E-state index is 13.1. The van der Waals surface area contributed by atoms with Gasteiger partial charge in [-0.25, -0.2) is 4.98 Å². The number of anilines is 1. The molecular weight excluding hydrogens is 333 g/mol. The summed E-state index contributed by atoms with van der Waals surface area (Å²) < 4.78 is 39.6. The van der Waals surface area contributed by atoms with Crippen LogP contribution >= 0.6 is 15.9 Å². The Kier molecular flexibility index (Phi) is 4.33. The molecule has 1 N–H and O–H groups in total. The van der Waals surface area contributed by atoms with Gasteiger partial charge in [-0.3, -0.25) is 0 Å². The Labute approximate surface area is 125 Å². The monoisotopic (exact) mass is 350 g/mol. The highest BCUT2D eigenvalue weighted by molar-refractivity contribution is 9.10. The average Bonchev–Trinajstić information content (AvgIpc) is 2.32. The Bertz CT molecular complexity index is 486. The van der Waals surface area contributed by atoms with Gasteiger partial charge in [0.15, 0.2) is 0 Å². The molecule has 112 valence electrons. The van der Waals surface area contributed by atoms with Gasteiger partial charge in [0.1, 0.15) is 5.82 Å². The average molecular weight is 351 g/mol. The fraction of sp³-hybridized carbons (Fsp3) is 0.643. The normalized spacial score (nSPS) is 22.6. The number of pyridine rings is 1. The summed E-state index contributed by atoms with van der Waals surface area (Å²) in [5, 5.41) is 3.02. The third kappa shape index (κ3) is 3.45. The van der Waals surface area contributed by atoms with Crippen LogP contribution in [0.3, 0.4) is 0 Å². The van der Waals surface area contributed by atoms with E-state index in [4.69, 9.17) is 0 Å². The largest absolute Gasteiger partial charge is 0.419 e. The molecule has 0 amide bonds. The number of alkyl halides is 3. The number of nitrogens with zero attached hydrogens (tertiary/aromatic N) is 1. The van der Waals surface area contributed by atoms with Crippen molar-refractivity contribution in [2.45, 2.75) is 51.7 Å². The first-order valence-electron chi connectivity index (χ1n) is 6.69. The molecule has 1 aliphatic rings. The van der Waals surface area contributed by atoms with Crippen molar-refractivity contribution < 1.29 is 13.2 Å².